The fourth-order valence-corrected chi connectivity index (χ4v) is 3.60. The van der Waals surface area contributed by atoms with E-state index in [1.807, 2.05) is 0 Å². The van der Waals surface area contributed by atoms with E-state index in [2.05, 4.69) is 4.90 Å². The van der Waals surface area contributed by atoms with Crippen LogP contribution in [-0.2, 0) is 0 Å². The molecular formula is C13H22Cl2FNO2. The lowest BCUT2D eigenvalue weighted by molar-refractivity contribution is -0.00903. The van der Waals surface area contributed by atoms with Crippen LogP contribution in [0.2, 0.25) is 0 Å². The van der Waals surface area contributed by atoms with Crippen molar-refractivity contribution in [3.05, 3.63) is 0 Å². The number of piperidine rings is 1. The van der Waals surface area contributed by atoms with Crippen molar-refractivity contribution in [2.24, 2.45) is 5.92 Å². The molecule has 1 saturated heterocycles. The lowest BCUT2D eigenvalue weighted by Crippen LogP contribution is -2.48. The summed E-state index contributed by atoms with van der Waals surface area (Å²) in [5, 5.41) is 18.8. The second-order valence-electron chi connectivity index (χ2n) is 5.94. The fourth-order valence-electron chi connectivity index (χ4n) is 2.99. The van der Waals surface area contributed by atoms with Crippen LogP contribution in [0.15, 0.2) is 0 Å². The molecule has 19 heavy (non-hydrogen) atoms. The van der Waals surface area contributed by atoms with E-state index in [0.717, 1.165) is 6.54 Å². The Morgan fingerprint density at radius 3 is 2.32 bits per heavy atom. The lowest BCUT2D eigenvalue weighted by atomic mass is 9.84. The van der Waals surface area contributed by atoms with Crippen LogP contribution < -0.4 is 0 Å². The van der Waals surface area contributed by atoms with E-state index in [1.165, 1.54) is 0 Å². The van der Waals surface area contributed by atoms with Crippen LogP contribution in [0.25, 0.3) is 0 Å². The highest BCUT2D eigenvalue weighted by atomic mass is 35.5. The van der Waals surface area contributed by atoms with Gasteiger partial charge in [0.1, 0.15) is 5.67 Å². The Bertz CT molecular complexity index is 300. The monoisotopic (exact) mass is 313 g/mol. The molecule has 1 aliphatic heterocycles. The Hall–Kier alpha value is 0.390. The van der Waals surface area contributed by atoms with E-state index in [9.17, 15) is 9.50 Å². The molecule has 0 spiro atoms. The van der Waals surface area contributed by atoms with Crippen LogP contribution in [0.3, 0.4) is 0 Å². The standard InChI is InChI=1S/C13H22Cl2FNO2/c14-10-5-9(12(19)6-11(10)15)7-17-3-1-13(16,8-18)2-4-17/h9-12,18-19H,1-8H2. The van der Waals surface area contributed by atoms with Gasteiger partial charge in [0.25, 0.3) is 0 Å². The molecule has 0 radical (unpaired) electrons. The number of rotatable bonds is 3. The average Bonchev–Trinajstić information content (AvgIpc) is 2.39. The summed E-state index contributed by atoms with van der Waals surface area (Å²) in [5.74, 6) is 0.110. The first kappa shape index (κ1) is 15.8. The van der Waals surface area contributed by atoms with Gasteiger partial charge in [0, 0.05) is 19.6 Å². The summed E-state index contributed by atoms with van der Waals surface area (Å²) in [7, 11) is 0. The van der Waals surface area contributed by atoms with Gasteiger partial charge in [0.15, 0.2) is 0 Å². The van der Waals surface area contributed by atoms with E-state index in [1.54, 1.807) is 0 Å². The molecule has 4 unspecified atom stereocenters. The largest absolute Gasteiger partial charge is 0.393 e. The van der Waals surface area contributed by atoms with Crippen LogP contribution in [0.4, 0.5) is 4.39 Å². The Morgan fingerprint density at radius 1 is 1.16 bits per heavy atom. The predicted molar refractivity (Wildman–Crippen MR) is 74.6 cm³/mol. The maximum Gasteiger partial charge on any atom is 0.136 e. The maximum absolute atomic E-state index is 13.9. The molecule has 1 heterocycles. The number of alkyl halides is 3. The van der Waals surface area contributed by atoms with Crippen molar-refractivity contribution >= 4 is 23.2 Å². The molecule has 2 rings (SSSR count). The van der Waals surface area contributed by atoms with Crippen molar-refractivity contribution in [3.63, 3.8) is 0 Å². The van der Waals surface area contributed by atoms with E-state index < -0.39 is 18.4 Å². The molecule has 0 aromatic heterocycles. The van der Waals surface area contributed by atoms with Gasteiger partial charge in [-0.1, -0.05) is 0 Å². The van der Waals surface area contributed by atoms with Crippen molar-refractivity contribution < 1.29 is 14.6 Å². The first-order chi connectivity index (χ1) is 8.93. The number of halogens is 3. The smallest absolute Gasteiger partial charge is 0.136 e. The summed E-state index contributed by atoms with van der Waals surface area (Å²) in [6.07, 6.45) is 1.52. The molecule has 6 heteroatoms. The number of hydrogen-bond donors (Lipinski definition) is 2. The average molecular weight is 314 g/mol. The second-order valence-corrected chi connectivity index (χ2v) is 7.06. The predicted octanol–water partition coefficient (Wildman–Crippen LogP) is 1.77. The van der Waals surface area contributed by atoms with E-state index in [4.69, 9.17) is 28.3 Å². The van der Waals surface area contributed by atoms with Gasteiger partial charge in [-0.2, -0.15) is 0 Å². The maximum atomic E-state index is 13.9. The van der Waals surface area contributed by atoms with Gasteiger partial charge in [0.2, 0.25) is 0 Å². The minimum absolute atomic E-state index is 0.0995. The Balaban J connectivity index is 1.82. The molecule has 3 nitrogen and oxygen atoms in total. The van der Waals surface area contributed by atoms with E-state index >= 15 is 0 Å². The normalized spacial score (nSPS) is 40.3. The first-order valence-electron chi connectivity index (χ1n) is 6.92. The van der Waals surface area contributed by atoms with Crippen molar-refractivity contribution in [2.45, 2.75) is 48.2 Å². The molecule has 2 N–H and O–H groups in total. The molecule has 0 aromatic rings. The van der Waals surface area contributed by atoms with Crippen molar-refractivity contribution in [1.29, 1.82) is 0 Å². The third-order valence-corrected chi connectivity index (χ3v) is 5.55. The summed E-state index contributed by atoms with van der Waals surface area (Å²) in [6, 6.07) is 0. The van der Waals surface area contributed by atoms with Crippen LogP contribution in [0.5, 0.6) is 0 Å². The number of aliphatic hydroxyl groups excluding tert-OH is 2. The van der Waals surface area contributed by atoms with Gasteiger partial charge in [-0.3, -0.25) is 0 Å². The molecule has 0 aromatic carbocycles. The summed E-state index contributed by atoms with van der Waals surface area (Å²) in [5.41, 5.74) is -1.42. The van der Waals surface area contributed by atoms with Gasteiger partial charge in [0.05, 0.1) is 23.5 Å². The molecule has 2 aliphatic rings. The number of likely N-dealkylation sites (tertiary alicyclic amines) is 1. The lowest BCUT2D eigenvalue weighted by Gasteiger charge is -2.40. The highest BCUT2D eigenvalue weighted by molar-refractivity contribution is 6.30. The van der Waals surface area contributed by atoms with Gasteiger partial charge in [-0.05, 0) is 31.6 Å². The van der Waals surface area contributed by atoms with Gasteiger partial charge >= 0.3 is 0 Å². The first-order valence-corrected chi connectivity index (χ1v) is 7.79. The topological polar surface area (TPSA) is 43.7 Å². The number of hydrogen-bond acceptors (Lipinski definition) is 3. The number of aliphatic hydroxyl groups is 2. The molecule has 2 fully saturated rings. The summed E-state index contributed by atoms with van der Waals surface area (Å²) < 4.78 is 13.9. The Labute approximate surface area is 123 Å². The van der Waals surface area contributed by atoms with Gasteiger partial charge in [-0.25, -0.2) is 4.39 Å². The molecule has 1 saturated carbocycles. The minimum Gasteiger partial charge on any atom is -0.393 e. The van der Waals surface area contributed by atoms with Crippen molar-refractivity contribution in [1.82, 2.24) is 4.90 Å². The minimum atomic E-state index is -1.42. The van der Waals surface area contributed by atoms with Gasteiger partial charge in [-0.15, -0.1) is 23.2 Å². The second kappa shape index (κ2) is 6.44. The van der Waals surface area contributed by atoms with Gasteiger partial charge < -0.3 is 15.1 Å². The zero-order valence-electron chi connectivity index (χ0n) is 10.9. The van der Waals surface area contributed by atoms with Crippen molar-refractivity contribution in [3.8, 4) is 0 Å². The molecule has 112 valence electrons. The SMILES string of the molecule is OCC1(F)CCN(CC2CC(Cl)C(Cl)CC2O)CC1. The van der Waals surface area contributed by atoms with Crippen LogP contribution in [0, 0.1) is 5.92 Å². The molecular weight excluding hydrogens is 292 g/mol. The van der Waals surface area contributed by atoms with Crippen LogP contribution in [0.1, 0.15) is 25.7 Å². The van der Waals surface area contributed by atoms with Crippen LogP contribution >= 0.6 is 23.2 Å². The Morgan fingerprint density at radius 2 is 1.74 bits per heavy atom. The third kappa shape index (κ3) is 3.94. The third-order valence-electron chi connectivity index (χ3n) is 4.46. The Kier molecular flexibility index (Phi) is 5.34. The molecule has 0 amide bonds. The highest BCUT2D eigenvalue weighted by Crippen LogP contribution is 2.34. The summed E-state index contributed by atoms with van der Waals surface area (Å²) in [6.45, 7) is 1.58. The molecule has 4 atom stereocenters. The van der Waals surface area contributed by atoms with Crippen molar-refractivity contribution in [2.75, 3.05) is 26.2 Å². The quantitative estimate of drug-likeness (QED) is 0.780. The fraction of sp³-hybridized carbons (Fsp3) is 1.00. The van der Waals surface area contributed by atoms with E-state index in [-0.39, 0.29) is 16.7 Å². The zero-order valence-corrected chi connectivity index (χ0v) is 12.5. The summed E-state index contributed by atoms with van der Waals surface area (Å²) >= 11 is 12.2. The molecule has 0 bridgehead atoms. The highest BCUT2D eigenvalue weighted by Gasteiger charge is 2.38. The molecule has 1 aliphatic carbocycles. The van der Waals surface area contributed by atoms with E-state index in [0.29, 0.717) is 38.8 Å². The van der Waals surface area contributed by atoms with Crippen LogP contribution in [-0.4, -0.2) is 63.9 Å². The summed E-state index contributed by atoms with van der Waals surface area (Å²) in [4.78, 5) is 2.15. The zero-order chi connectivity index (χ0) is 14.0. The number of nitrogens with zero attached hydrogens (tertiary/aromatic N) is 1.